The first kappa shape index (κ1) is 14.2. The zero-order chi connectivity index (χ0) is 14.7. The first-order chi connectivity index (χ1) is 9.54. The van der Waals surface area contributed by atoms with Crippen LogP contribution in [-0.2, 0) is 13.1 Å². The van der Waals surface area contributed by atoms with Gasteiger partial charge in [0.15, 0.2) is 0 Å². The monoisotopic (exact) mass is 294 g/mol. The minimum Gasteiger partial charge on any atom is -0.383 e. The summed E-state index contributed by atoms with van der Waals surface area (Å²) in [6.07, 6.45) is 0. The summed E-state index contributed by atoms with van der Waals surface area (Å²) in [5, 5.41) is 3.52. The maximum absolute atomic E-state index is 11.8. The van der Waals surface area contributed by atoms with Gasteiger partial charge in [-0.3, -0.25) is 14.3 Å². The van der Waals surface area contributed by atoms with Crippen LogP contribution in [0, 0.1) is 0 Å². The lowest BCUT2D eigenvalue weighted by molar-refractivity contribution is 0.706. The Morgan fingerprint density at radius 2 is 2.05 bits per heavy atom. The number of hydrogen-bond acceptors (Lipinski definition) is 4. The van der Waals surface area contributed by atoms with E-state index >= 15 is 0 Å². The van der Waals surface area contributed by atoms with Gasteiger partial charge in [0.05, 0.1) is 0 Å². The van der Waals surface area contributed by atoms with E-state index in [-0.39, 0.29) is 11.5 Å². The van der Waals surface area contributed by atoms with Crippen molar-refractivity contribution in [3.8, 4) is 0 Å². The Morgan fingerprint density at radius 3 is 2.70 bits per heavy atom. The average Bonchev–Trinajstić information content (AvgIpc) is 2.40. The number of nitrogens with one attached hydrogen (secondary N) is 2. The van der Waals surface area contributed by atoms with E-state index in [1.165, 1.54) is 4.57 Å². The van der Waals surface area contributed by atoms with Crippen LogP contribution in [0.4, 0.5) is 11.5 Å². The normalized spacial score (nSPS) is 10.5. The zero-order valence-electron chi connectivity index (χ0n) is 10.9. The predicted octanol–water partition coefficient (Wildman–Crippen LogP) is 1.40. The molecule has 0 aliphatic heterocycles. The molecule has 0 unspecified atom stereocenters. The van der Waals surface area contributed by atoms with Crippen molar-refractivity contribution in [1.29, 1.82) is 0 Å². The molecule has 0 radical (unpaired) electrons. The van der Waals surface area contributed by atoms with Crippen LogP contribution in [-0.4, -0.2) is 9.55 Å². The highest BCUT2D eigenvalue weighted by atomic mass is 35.5. The summed E-state index contributed by atoms with van der Waals surface area (Å²) >= 11 is 6.04. The van der Waals surface area contributed by atoms with Crippen LogP contribution in [0.5, 0.6) is 0 Å². The van der Waals surface area contributed by atoms with E-state index in [0.29, 0.717) is 18.1 Å². The van der Waals surface area contributed by atoms with Gasteiger partial charge in [-0.15, -0.1) is 0 Å². The number of aromatic nitrogens is 2. The Hall–Kier alpha value is -2.21. The molecule has 0 amide bonds. The Morgan fingerprint density at radius 1 is 1.35 bits per heavy atom. The predicted molar refractivity (Wildman–Crippen MR) is 80.2 cm³/mol. The molecule has 0 bridgehead atoms. The minimum atomic E-state index is -0.538. The van der Waals surface area contributed by atoms with E-state index in [1.54, 1.807) is 13.0 Å². The maximum atomic E-state index is 11.8. The zero-order valence-corrected chi connectivity index (χ0v) is 11.7. The number of nitrogen functional groups attached to an aromatic ring is 1. The summed E-state index contributed by atoms with van der Waals surface area (Å²) in [4.78, 5) is 25.6. The molecule has 20 heavy (non-hydrogen) atoms. The summed E-state index contributed by atoms with van der Waals surface area (Å²) in [6, 6.07) is 7.28. The highest BCUT2D eigenvalue weighted by Crippen LogP contribution is 2.17. The Labute approximate surface area is 120 Å². The van der Waals surface area contributed by atoms with Crippen LogP contribution in [0.25, 0.3) is 0 Å². The molecule has 6 nitrogen and oxygen atoms in total. The van der Waals surface area contributed by atoms with Crippen LogP contribution in [0.2, 0.25) is 5.02 Å². The fraction of sp³-hybridized carbons (Fsp3) is 0.231. The third-order valence-corrected chi connectivity index (χ3v) is 3.34. The second-order valence-corrected chi connectivity index (χ2v) is 4.62. The van der Waals surface area contributed by atoms with Crippen LogP contribution in [0.3, 0.4) is 0 Å². The summed E-state index contributed by atoms with van der Waals surface area (Å²) in [7, 11) is 0. The molecule has 0 aliphatic rings. The van der Waals surface area contributed by atoms with Gasteiger partial charge in [0.25, 0.3) is 5.56 Å². The van der Waals surface area contributed by atoms with Crippen molar-refractivity contribution in [2.75, 3.05) is 11.1 Å². The molecule has 0 aliphatic carbocycles. The lowest BCUT2D eigenvalue weighted by Crippen LogP contribution is -2.33. The molecular weight excluding hydrogens is 280 g/mol. The maximum Gasteiger partial charge on any atom is 0.330 e. The average molecular weight is 295 g/mol. The molecule has 0 saturated carbocycles. The number of rotatable bonds is 4. The van der Waals surface area contributed by atoms with Crippen molar-refractivity contribution in [2.45, 2.75) is 20.0 Å². The van der Waals surface area contributed by atoms with Gasteiger partial charge in [0.1, 0.15) is 11.5 Å². The quantitative estimate of drug-likeness (QED) is 0.795. The van der Waals surface area contributed by atoms with Gasteiger partial charge in [-0.1, -0.05) is 29.8 Å². The van der Waals surface area contributed by atoms with Crippen LogP contribution in [0.1, 0.15) is 12.5 Å². The van der Waals surface area contributed by atoms with Crippen molar-refractivity contribution in [3.05, 3.63) is 55.7 Å². The number of halogens is 1. The minimum absolute atomic E-state index is 0.119. The Balaban J connectivity index is 2.33. The number of nitrogens with two attached hydrogens (primary N) is 1. The van der Waals surface area contributed by atoms with Crippen molar-refractivity contribution in [1.82, 2.24) is 9.55 Å². The van der Waals surface area contributed by atoms with Crippen molar-refractivity contribution in [3.63, 3.8) is 0 Å². The van der Waals surface area contributed by atoms with Gasteiger partial charge >= 0.3 is 5.69 Å². The molecule has 106 valence electrons. The molecule has 0 atom stereocenters. The van der Waals surface area contributed by atoms with Gasteiger partial charge in [-0.05, 0) is 18.6 Å². The Kier molecular flexibility index (Phi) is 4.14. The molecule has 4 N–H and O–H groups in total. The second kappa shape index (κ2) is 5.83. The van der Waals surface area contributed by atoms with Gasteiger partial charge in [0, 0.05) is 18.1 Å². The molecule has 0 spiro atoms. The molecule has 7 heteroatoms. The number of aromatic amines is 1. The van der Waals surface area contributed by atoms with Crippen molar-refractivity contribution < 1.29 is 0 Å². The lowest BCUT2D eigenvalue weighted by Gasteiger charge is -2.13. The SMILES string of the molecule is CCn1c(N)c(NCc2ccccc2Cl)c(=O)[nH]c1=O. The van der Waals surface area contributed by atoms with Crippen LogP contribution < -0.4 is 22.3 Å². The molecule has 1 heterocycles. The first-order valence-corrected chi connectivity index (χ1v) is 6.52. The number of benzene rings is 1. The summed E-state index contributed by atoms with van der Waals surface area (Å²) in [5.41, 5.74) is 5.80. The highest BCUT2D eigenvalue weighted by molar-refractivity contribution is 6.31. The second-order valence-electron chi connectivity index (χ2n) is 4.21. The fourth-order valence-corrected chi connectivity index (χ4v) is 2.10. The number of nitrogens with zero attached hydrogens (tertiary/aromatic N) is 1. The third kappa shape index (κ3) is 2.70. The molecular formula is C13H15ClN4O2. The summed E-state index contributed by atoms with van der Waals surface area (Å²) < 4.78 is 1.29. The topological polar surface area (TPSA) is 92.9 Å². The van der Waals surface area contributed by atoms with Crippen LogP contribution in [0.15, 0.2) is 33.9 Å². The van der Waals surface area contributed by atoms with E-state index in [0.717, 1.165) is 5.56 Å². The number of hydrogen-bond donors (Lipinski definition) is 3. The number of anilines is 2. The van der Waals surface area contributed by atoms with E-state index in [1.807, 2.05) is 18.2 Å². The molecule has 2 aromatic rings. The van der Waals surface area contributed by atoms with E-state index < -0.39 is 11.2 Å². The largest absolute Gasteiger partial charge is 0.383 e. The van der Waals surface area contributed by atoms with Gasteiger partial charge in [-0.25, -0.2) is 4.79 Å². The standard InChI is InChI=1S/C13H15ClN4O2/c1-2-18-11(15)10(12(19)17-13(18)20)16-7-8-5-3-4-6-9(8)14/h3-6,16H,2,7,15H2,1H3,(H,17,19,20). The smallest absolute Gasteiger partial charge is 0.330 e. The lowest BCUT2D eigenvalue weighted by atomic mass is 10.2. The van der Waals surface area contributed by atoms with Crippen molar-refractivity contribution in [2.24, 2.45) is 0 Å². The number of H-pyrrole nitrogens is 1. The molecule has 0 fully saturated rings. The van der Waals surface area contributed by atoms with Crippen molar-refractivity contribution >= 4 is 23.1 Å². The molecule has 2 rings (SSSR count). The fourth-order valence-electron chi connectivity index (χ4n) is 1.90. The van der Waals surface area contributed by atoms with E-state index in [2.05, 4.69) is 10.3 Å². The third-order valence-electron chi connectivity index (χ3n) is 2.97. The van der Waals surface area contributed by atoms with E-state index in [4.69, 9.17) is 17.3 Å². The molecule has 0 saturated heterocycles. The first-order valence-electron chi connectivity index (χ1n) is 6.14. The molecule has 1 aromatic carbocycles. The Bertz CT molecular complexity index is 736. The van der Waals surface area contributed by atoms with Crippen LogP contribution >= 0.6 is 11.6 Å². The van der Waals surface area contributed by atoms with Gasteiger partial charge < -0.3 is 11.1 Å². The molecule has 1 aromatic heterocycles. The van der Waals surface area contributed by atoms with Gasteiger partial charge in [-0.2, -0.15) is 0 Å². The summed E-state index contributed by atoms with van der Waals surface area (Å²) in [5.74, 6) is 0.119. The van der Waals surface area contributed by atoms with E-state index in [9.17, 15) is 9.59 Å². The van der Waals surface area contributed by atoms with Gasteiger partial charge in [0.2, 0.25) is 0 Å². The summed E-state index contributed by atoms with van der Waals surface area (Å²) in [6.45, 7) is 2.49. The highest BCUT2D eigenvalue weighted by Gasteiger charge is 2.11.